The summed E-state index contributed by atoms with van der Waals surface area (Å²) in [5, 5.41) is 6.54. The number of hydrogen-bond donors (Lipinski definition) is 2. The van der Waals surface area contributed by atoms with E-state index in [0.29, 0.717) is 31.6 Å². The molecule has 0 bridgehead atoms. The van der Waals surface area contributed by atoms with Gasteiger partial charge in [-0.2, -0.15) is 11.8 Å². The summed E-state index contributed by atoms with van der Waals surface area (Å²) in [6.45, 7) is 4.50. The number of hydrogen-bond acceptors (Lipinski definition) is 5. The standard InChI is InChI=1S/C20H33N5O2S2.HI/c1-21-20(22-9-15-29(26,27)25-11-13-28-14-12-25)23-16-19-8-5-10-24(19)17-18-6-3-2-4-7-18;/h2-4,6-7,19H,5,8-17H2,1H3,(H2,21,22,23);1H. The summed E-state index contributed by atoms with van der Waals surface area (Å²) in [5.41, 5.74) is 1.34. The molecule has 0 aliphatic carbocycles. The van der Waals surface area contributed by atoms with E-state index in [9.17, 15) is 8.42 Å². The van der Waals surface area contributed by atoms with Crippen LogP contribution < -0.4 is 10.6 Å². The van der Waals surface area contributed by atoms with Gasteiger partial charge in [0.05, 0.1) is 5.75 Å². The second kappa shape index (κ2) is 13.1. The molecular weight excluding hydrogens is 533 g/mol. The highest BCUT2D eigenvalue weighted by atomic mass is 127. The summed E-state index contributed by atoms with van der Waals surface area (Å²) in [6, 6.07) is 11.0. The fourth-order valence-corrected chi connectivity index (χ4v) is 6.33. The van der Waals surface area contributed by atoms with Crippen LogP contribution in [0.1, 0.15) is 18.4 Å². The highest BCUT2D eigenvalue weighted by Crippen LogP contribution is 2.19. The van der Waals surface area contributed by atoms with Crippen LogP contribution in [0.25, 0.3) is 0 Å². The van der Waals surface area contributed by atoms with E-state index in [4.69, 9.17) is 0 Å². The molecule has 0 spiro atoms. The Kier molecular flexibility index (Phi) is 11.2. The van der Waals surface area contributed by atoms with E-state index in [1.165, 1.54) is 12.0 Å². The van der Waals surface area contributed by atoms with Crippen molar-refractivity contribution in [3.63, 3.8) is 0 Å². The first-order chi connectivity index (χ1) is 14.1. The Morgan fingerprint density at radius 1 is 1.17 bits per heavy atom. The molecule has 0 saturated carbocycles. The molecule has 0 amide bonds. The molecule has 0 aromatic heterocycles. The lowest BCUT2D eigenvalue weighted by Gasteiger charge is -2.26. The zero-order valence-corrected chi connectivity index (χ0v) is 21.6. The SMILES string of the molecule is CN=C(NCCS(=O)(=O)N1CCSCC1)NCC1CCCN1Cc1ccccc1.I. The van der Waals surface area contributed by atoms with Gasteiger partial charge in [-0.3, -0.25) is 9.89 Å². The third kappa shape index (κ3) is 7.85. The van der Waals surface area contributed by atoms with Crippen molar-refractivity contribution in [3.05, 3.63) is 35.9 Å². The molecule has 2 fully saturated rings. The van der Waals surface area contributed by atoms with Gasteiger partial charge >= 0.3 is 0 Å². The number of likely N-dealkylation sites (tertiary alicyclic amines) is 1. The lowest BCUT2D eigenvalue weighted by atomic mass is 10.2. The molecule has 10 heteroatoms. The summed E-state index contributed by atoms with van der Waals surface area (Å²) < 4.78 is 26.5. The van der Waals surface area contributed by atoms with Crippen LogP contribution in [0.15, 0.2) is 35.3 Å². The third-order valence-electron chi connectivity index (χ3n) is 5.47. The number of rotatable bonds is 8. The van der Waals surface area contributed by atoms with Crippen LogP contribution in [0.4, 0.5) is 0 Å². The van der Waals surface area contributed by atoms with Gasteiger partial charge in [-0.05, 0) is 24.9 Å². The zero-order valence-electron chi connectivity index (χ0n) is 17.6. The van der Waals surface area contributed by atoms with Gasteiger partial charge in [0.2, 0.25) is 10.0 Å². The van der Waals surface area contributed by atoms with Gasteiger partial charge in [0.1, 0.15) is 0 Å². The van der Waals surface area contributed by atoms with Crippen molar-refractivity contribution < 1.29 is 8.42 Å². The Bertz CT molecular complexity index is 758. The number of halogens is 1. The van der Waals surface area contributed by atoms with Crippen molar-refractivity contribution >= 4 is 51.7 Å². The van der Waals surface area contributed by atoms with E-state index < -0.39 is 10.0 Å². The number of nitrogens with one attached hydrogen (secondary N) is 2. The fourth-order valence-electron chi connectivity index (χ4n) is 3.84. The predicted octanol–water partition coefficient (Wildman–Crippen LogP) is 1.81. The summed E-state index contributed by atoms with van der Waals surface area (Å²) in [6.07, 6.45) is 2.37. The van der Waals surface area contributed by atoms with E-state index in [1.807, 2.05) is 17.8 Å². The predicted molar refractivity (Wildman–Crippen MR) is 137 cm³/mol. The van der Waals surface area contributed by atoms with Crippen molar-refractivity contribution in [2.75, 3.05) is 57.0 Å². The van der Waals surface area contributed by atoms with E-state index in [1.54, 1.807) is 11.4 Å². The molecule has 170 valence electrons. The van der Waals surface area contributed by atoms with Gasteiger partial charge in [0, 0.05) is 57.3 Å². The highest BCUT2D eigenvalue weighted by molar-refractivity contribution is 14.0. The number of nitrogens with zero attached hydrogens (tertiary/aromatic N) is 3. The topological polar surface area (TPSA) is 77.0 Å². The van der Waals surface area contributed by atoms with E-state index in [2.05, 4.69) is 44.8 Å². The minimum Gasteiger partial charge on any atom is -0.355 e. The second-order valence-corrected chi connectivity index (χ2v) is 10.8. The van der Waals surface area contributed by atoms with Crippen LogP contribution in [0.5, 0.6) is 0 Å². The smallest absolute Gasteiger partial charge is 0.215 e. The molecule has 1 aromatic rings. The molecule has 0 radical (unpaired) electrons. The molecule has 2 aliphatic heterocycles. The minimum atomic E-state index is -3.19. The Morgan fingerprint density at radius 2 is 1.90 bits per heavy atom. The first-order valence-electron chi connectivity index (χ1n) is 10.4. The average Bonchev–Trinajstić information content (AvgIpc) is 3.18. The van der Waals surface area contributed by atoms with Gasteiger partial charge in [-0.1, -0.05) is 30.3 Å². The molecule has 7 nitrogen and oxygen atoms in total. The Hall–Kier alpha value is -0.560. The van der Waals surface area contributed by atoms with E-state index in [-0.39, 0.29) is 29.7 Å². The van der Waals surface area contributed by atoms with Crippen LogP contribution in [0.2, 0.25) is 0 Å². The normalized spacial score (nSPS) is 21.2. The van der Waals surface area contributed by atoms with Crippen LogP contribution in [-0.4, -0.2) is 86.7 Å². The Morgan fingerprint density at radius 3 is 2.60 bits per heavy atom. The number of aliphatic imine (C=N–C) groups is 1. The molecule has 3 rings (SSSR count). The number of benzene rings is 1. The van der Waals surface area contributed by atoms with Gasteiger partial charge in [-0.15, -0.1) is 24.0 Å². The maximum atomic E-state index is 12.4. The summed E-state index contributed by atoms with van der Waals surface area (Å²) in [4.78, 5) is 6.76. The maximum Gasteiger partial charge on any atom is 0.215 e. The van der Waals surface area contributed by atoms with Crippen molar-refractivity contribution in [1.29, 1.82) is 0 Å². The fraction of sp³-hybridized carbons (Fsp3) is 0.650. The Balaban J connectivity index is 0.00000320. The molecule has 1 atom stereocenters. The number of sulfonamides is 1. The van der Waals surface area contributed by atoms with Crippen LogP contribution in [0, 0.1) is 0 Å². The first-order valence-corrected chi connectivity index (χ1v) is 13.1. The van der Waals surface area contributed by atoms with Crippen molar-refractivity contribution in [3.8, 4) is 0 Å². The van der Waals surface area contributed by atoms with Crippen LogP contribution in [-0.2, 0) is 16.6 Å². The first kappa shape index (κ1) is 25.7. The molecule has 1 unspecified atom stereocenters. The third-order valence-corrected chi connectivity index (χ3v) is 8.29. The molecule has 2 N–H and O–H groups in total. The summed E-state index contributed by atoms with van der Waals surface area (Å²) in [5.74, 6) is 2.54. The highest BCUT2D eigenvalue weighted by Gasteiger charge is 2.25. The molecule has 30 heavy (non-hydrogen) atoms. The average molecular weight is 568 g/mol. The minimum absolute atomic E-state index is 0. The van der Waals surface area contributed by atoms with Gasteiger partial charge in [0.15, 0.2) is 5.96 Å². The lowest BCUT2D eigenvalue weighted by Crippen LogP contribution is -2.47. The largest absolute Gasteiger partial charge is 0.355 e. The van der Waals surface area contributed by atoms with Gasteiger partial charge in [0.25, 0.3) is 0 Å². The van der Waals surface area contributed by atoms with Crippen molar-refractivity contribution in [1.82, 2.24) is 19.8 Å². The lowest BCUT2D eigenvalue weighted by molar-refractivity contribution is 0.245. The molecule has 2 heterocycles. The van der Waals surface area contributed by atoms with Crippen molar-refractivity contribution in [2.24, 2.45) is 4.99 Å². The van der Waals surface area contributed by atoms with E-state index >= 15 is 0 Å². The van der Waals surface area contributed by atoms with Crippen LogP contribution >= 0.6 is 35.7 Å². The van der Waals surface area contributed by atoms with Gasteiger partial charge in [-0.25, -0.2) is 12.7 Å². The Labute approximate surface area is 202 Å². The quantitative estimate of drug-likeness (QED) is 0.284. The molecule has 2 saturated heterocycles. The monoisotopic (exact) mass is 567 g/mol. The summed E-state index contributed by atoms with van der Waals surface area (Å²) >= 11 is 1.81. The second-order valence-electron chi connectivity index (χ2n) is 7.46. The molecular formula is C20H34IN5O2S2. The zero-order chi connectivity index (χ0) is 20.5. The van der Waals surface area contributed by atoms with Gasteiger partial charge < -0.3 is 10.6 Å². The number of guanidine groups is 1. The molecule has 2 aliphatic rings. The van der Waals surface area contributed by atoms with E-state index in [0.717, 1.165) is 37.6 Å². The maximum absolute atomic E-state index is 12.4. The van der Waals surface area contributed by atoms with Crippen molar-refractivity contribution in [2.45, 2.75) is 25.4 Å². The van der Waals surface area contributed by atoms with Crippen LogP contribution in [0.3, 0.4) is 0 Å². The molecule has 1 aromatic carbocycles. The number of thioether (sulfide) groups is 1. The summed E-state index contributed by atoms with van der Waals surface area (Å²) in [7, 11) is -1.47.